The lowest BCUT2D eigenvalue weighted by Crippen LogP contribution is -2.34. The monoisotopic (exact) mass is 288 g/mol. The zero-order valence-electron chi connectivity index (χ0n) is 11.3. The summed E-state index contributed by atoms with van der Waals surface area (Å²) in [6.45, 7) is 3.16. The Morgan fingerprint density at radius 3 is 2.40 bits per heavy atom. The van der Waals surface area contributed by atoms with E-state index in [0.717, 1.165) is 5.56 Å². The van der Waals surface area contributed by atoms with Gasteiger partial charge in [-0.25, -0.2) is 4.79 Å². The smallest absolute Gasteiger partial charge is 0.320 e. The number of halogens is 1. The number of para-hydroxylation sites is 1. The van der Waals surface area contributed by atoms with Gasteiger partial charge in [0.25, 0.3) is 0 Å². The molecule has 0 heterocycles. The first kappa shape index (κ1) is 14.4. The van der Waals surface area contributed by atoms with Crippen molar-refractivity contribution in [1.82, 2.24) is 4.90 Å². The number of urea groups is 1. The first-order valence-electron chi connectivity index (χ1n) is 6.55. The normalized spacial score (nSPS) is 10.1. The Labute approximate surface area is 124 Å². The van der Waals surface area contributed by atoms with Gasteiger partial charge in [0.05, 0.1) is 10.7 Å². The van der Waals surface area contributed by atoms with E-state index >= 15 is 0 Å². The number of carbonyl (C=O) groups is 1. The van der Waals surface area contributed by atoms with E-state index in [1.165, 1.54) is 0 Å². The molecule has 0 radical (unpaired) electrons. The number of nitrogens with zero attached hydrogens (tertiary/aromatic N) is 1. The van der Waals surface area contributed by atoms with Crippen LogP contribution in [0.4, 0.5) is 10.5 Å². The number of amides is 2. The maximum atomic E-state index is 12.3. The summed E-state index contributed by atoms with van der Waals surface area (Å²) in [7, 11) is 0. The summed E-state index contributed by atoms with van der Waals surface area (Å²) in [5.74, 6) is 0. The van der Waals surface area contributed by atoms with Crippen LogP contribution in [0.2, 0.25) is 5.02 Å². The molecule has 0 aliphatic carbocycles. The van der Waals surface area contributed by atoms with E-state index in [2.05, 4.69) is 5.32 Å². The van der Waals surface area contributed by atoms with Crippen LogP contribution in [0.15, 0.2) is 54.6 Å². The van der Waals surface area contributed by atoms with Crippen LogP contribution in [0.1, 0.15) is 12.5 Å². The first-order chi connectivity index (χ1) is 9.70. The van der Waals surface area contributed by atoms with Crippen molar-refractivity contribution >= 4 is 23.3 Å². The fraction of sp³-hybridized carbons (Fsp3) is 0.188. The lowest BCUT2D eigenvalue weighted by molar-refractivity contribution is 0.212. The average Bonchev–Trinajstić information content (AvgIpc) is 2.48. The summed E-state index contributed by atoms with van der Waals surface area (Å²) in [5, 5.41) is 3.38. The molecule has 0 spiro atoms. The van der Waals surface area contributed by atoms with Gasteiger partial charge in [0.1, 0.15) is 0 Å². The Balaban J connectivity index is 2.04. The summed E-state index contributed by atoms with van der Waals surface area (Å²) in [5.41, 5.74) is 1.73. The number of hydrogen-bond donors (Lipinski definition) is 1. The molecule has 3 nitrogen and oxygen atoms in total. The van der Waals surface area contributed by atoms with Crippen LogP contribution in [0.3, 0.4) is 0 Å². The van der Waals surface area contributed by atoms with Crippen LogP contribution in [0.25, 0.3) is 0 Å². The topological polar surface area (TPSA) is 32.3 Å². The van der Waals surface area contributed by atoms with Gasteiger partial charge >= 0.3 is 6.03 Å². The Kier molecular flexibility index (Phi) is 5.02. The maximum absolute atomic E-state index is 12.3. The van der Waals surface area contributed by atoms with Crippen molar-refractivity contribution in [3.05, 3.63) is 65.2 Å². The summed E-state index contributed by atoms with van der Waals surface area (Å²) in [6.07, 6.45) is 0. The Morgan fingerprint density at radius 1 is 1.10 bits per heavy atom. The quantitative estimate of drug-likeness (QED) is 0.889. The van der Waals surface area contributed by atoms with Gasteiger partial charge in [0.15, 0.2) is 0 Å². The van der Waals surface area contributed by atoms with Crippen LogP contribution in [0, 0.1) is 0 Å². The summed E-state index contributed by atoms with van der Waals surface area (Å²) >= 11 is 6.04. The van der Waals surface area contributed by atoms with Gasteiger partial charge in [-0.15, -0.1) is 0 Å². The van der Waals surface area contributed by atoms with Crippen molar-refractivity contribution in [1.29, 1.82) is 0 Å². The SMILES string of the molecule is CCN(Cc1ccccc1)C(=O)Nc1ccccc1Cl. The molecule has 0 unspecified atom stereocenters. The molecule has 0 saturated carbocycles. The van der Waals surface area contributed by atoms with E-state index in [1.54, 1.807) is 17.0 Å². The molecule has 0 aliphatic heterocycles. The van der Waals surface area contributed by atoms with Crippen molar-refractivity contribution < 1.29 is 4.79 Å². The Hall–Kier alpha value is -2.00. The Morgan fingerprint density at radius 2 is 1.75 bits per heavy atom. The molecule has 0 saturated heterocycles. The van der Waals surface area contributed by atoms with Crippen LogP contribution in [-0.2, 0) is 6.54 Å². The molecule has 0 atom stereocenters. The van der Waals surface area contributed by atoms with E-state index in [0.29, 0.717) is 23.8 Å². The molecular weight excluding hydrogens is 272 g/mol. The molecule has 0 fully saturated rings. The molecule has 0 bridgehead atoms. The molecule has 2 aromatic rings. The second-order valence-corrected chi connectivity index (χ2v) is 4.82. The van der Waals surface area contributed by atoms with Crippen LogP contribution < -0.4 is 5.32 Å². The van der Waals surface area contributed by atoms with Crippen molar-refractivity contribution in [3.8, 4) is 0 Å². The molecule has 0 aromatic heterocycles. The highest BCUT2D eigenvalue weighted by Crippen LogP contribution is 2.21. The van der Waals surface area contributed by atoms with E-state index < -0.39 is 0 Å². The van der Waals surface area contributed by atoms with Crippen molar-refractivity contribution in [2.75, 3.05) is 11.9 Å². The first-order valence-corrected chi connectivity index (χ1v) is 6.93. The van der Waals surface area contributed by atoms with Gasteiger partial charge in [0, 0.05) is 13.1 Å². The number of carbonyl (C=O) groups excluding carboxylic acids is 1. The van der Waals surface area contributed by atoms with Gasteiger partial charge in [0.2, 0.25) is 0 Å². The standard InChI is InChI=1S/C16H17ClN2O/c1-2-19(12-13-8-4-3-5-9-13)16(20)18-15-11-7-6-10-14(15)17/h3-11H,2,12H2,1H3,(H,18,20). The van der Waals surface area contributed by atoms with Crippen molar-refractivity contribution in [2.45, 2.75) is 13.5 Å². The van der Waals surface area contributed by atoms with E-state index in [1.807, 2.05) is 49.4 Å². The molecule has 0 aliphatic rings. The molecule has 2 rings (SSSR count). The summed E-state index contributed by atoms with van der Waals surface area (Å²) in [6, 6.07) is 17.0. The zero-order chi connectivity index (χ0) is 14.4. The number of hydrogen-bond acceptors (Lipinski definition) is 1. The predicted octanol–water partition coefficient (Wildman–Crippen LogP) is 4.39. The van der Waals surface area contributed by atoms with E-state index in [9.17, 15) is 4.79 Å². The van der Waals surface area contributed by atoms with Gasteiger partial charge in [-0.3, -0.25) is 0 Å². The number of nitrogens with one attached hydrogen (secondary N) is 1. The van der Waals surface area contributed by atoms with Crippen LogP contribution in [-0.4, -0.2) is 17.5 Å². The Bertz CT molecular complexity index is 572. The molecule has 4 heteroatoms. The zero-order valence-corrected chi connectivity index (χ0v) is 12.1. The van der Waals surface area contributed by atoms with Gasteiger partial charge in [-0.05, 0) is 24.6 Å². The number of benzene rings is 2. The molecular formula is C16H17ClN2O. The average molecular weight is 289 g/mol. The fourth-order valence-electron chi connectivity index (χ4n) is 1.89. The minimum atomic E-state index is -0.149. The lowest BCUT2D eigenvalue weighted by atomic mass is 10.2. The highest BCUT2D eigenvalue weighted by atomic mass is 35.5. The third kappa shape index (κ3) is 3.75. The predicted molar refractivity (Wildman–Crippen MR) is 83.0 cm³/mol. The van der Waals surface area contributed by atoms with Gasteiger partial charge in [-0.1, -0.05) is 54.1 Å². The van der Waals surface area contributed by atoms with Crippen molar-refractivity contribution in [3.63, 3.8) is 0 Å². The third-order valence-electron chi connectivity index (χ3n) is 3.00. The van der Waals surface area contributed by atoms with Crippen LogP contribution in [0.5, 0.6) is 0 Å². The maximum Gasteiger partial charge on any atom is 0.322 e. The summed E-state index contributed by atoms with van der Waals surface area (Å²) in [4.78, 5) is 14.0. The second-order valence-electron chi connectivity index (χ2n) is 4.41. The molecule has 20 heavy (non-hydrogen) atoms. The minimum absolute atomic E-state index is 0.149. The highest BCUT2D eigenvalue weighted by Gasteiger charge is 2.13. The molecule has 2 aromatic carbocycles. The molecule has 104 valence electrons. The van der Waals surface area contributed by atoms with Crippen LogP contribution >= 0.6 is 11.6 Å². The largest absolute Gasteiger partial charge is 0.322 e. The molecule has 2 amide bonds. The molecule has 1 N–H and O–H groups in total. The van der Waals surface area contributed by atoms with E-state index in [-0.39, 0.29) is 6.03 Å². The number of rotatable bonds is 4. The third-order valence-corrected chi connectivity index (χ3v) is 3.33. The lowest BCUT2D eigenvalue weighted by Gasteiger charge is -2.21. The van der Waals surface area contributed by atoms with Gasteiger partial charge in [-0.2, -0.15) is 0 Å². The van der Waals surface area contributed by atoms with Crippen molar-refractivity contribution in [2.24, 2.45) is 0 Å². The van der Waals surface area contributed by atoms with Gasteiger partial charge < -0.3 is 10.2 Å². The highest BCUT2D eigenvalue weighted by molar-refractivity contribution is 6.33. The fourth-order valence-corrected chi connectivity index (χ4v) is 2.07. The minimum Gasteiger partial charge on any atom is -0.320 e. The van der Waals surface area contributed by atoms with E-state index in [4.69, 9.17) is 11.6 Å². The summed E-state index contributed by atoms with van der Waals surface area (Å²) < 4.78 is 0. The second kappa shape index (κ2) is 6.96. The number of anilines is 1.